The molecule has 0 radical (unpaired) electrons. The number of rotatable bonds is 4. The average Bonchev–Trinajstić information content (AvgIpc) is 2.88. The Labute approximate surface area is 114 Å². The van der Waals surface area contributed by atoms with E-state index in [4.69, 9.17) is 4.42 Å². The third-order valence-electron chi connectivity index (χ3n) is 3.00. The Morgan fingerprint density at radius 3 is 2.70 bits per heavy atom. The van der Waals surface area contributed by atoms with Crippen molar-refractivity contribution in [1.82, 2.24) is 4.98 Å². The number of aliphatic hydroxyl groups is 1. The Bertz CT molecular complexity index is 693. The van der Waals surface area contributed by atoms with E-state index in [0.717, 1.165) is 5.52 Å². The maximum Gasteiger partial charge on any atom is 0.295 e. The van der Waals surface area contributed by atoms with E-state index in [0.29, 0.717) is 11.6 Å². The molecule has 2 aromatic carbocycles. The summed E-state index contributed by atoms with van der Waals surface area (Å²) in [7, 11) is 0. The first-order chi connectivity index (χ1) is 9.74. The molecule has 0 saturated carbocycles. The monoisotopic (exact) mass is 272 g/mol. The van der Waals surface area contributed by atoms with Crippen LogP contribution in [0, 0.1) is 5.82 Å². The highest BCUT2D eigenvalue weighted by molar-refractivity contribution is 5.74. The normalized spacial score (nSPS) is 12.5. The Morgan fingerprint density at radius 2 is 1.90 bits per heavy atom. The van der Waals surface area contributed by atoms with E-state index < -0.39 is 11.9 Å². The highest BCUT2D eigenvalue weighted by atomic mass is 19.1. The van der Waals surface area contributed by atoms with Gasteiger partial charge in [-0.05, 0) is 18.2 Å². The Morgan fingerprint density at radius 1 is 1.15 bits per heavy atom. The largest absolute Gasteiger partial charge is 0.424 e. The molecule has 0 saturated heterocycles. The Hall–Kier alpha value is -2.40. The van der Waals surface area contributed by atoms with Crippen LogP contribution >= 0.6 is 0 Å². The molecule has 0 amide bonds. The predicted octanol–water partition coefficient (Wildman–Crippen LogP) is 3.11. The van der Waals surface area contributed by atoms with Gasteiger partial charge in [0.1, 0.15) is 11.3 Å². The fraction of sp³-hybridized carbons (Fsp3) is 0.133. The van der Waals surface area contributed by atoms with Crippen LogP contribution in [0.25, 0.3) is 11.1 Å². The summed E-state index contributed by atoms with van der Waals surface area (Å²) in [5.41, 5.74) is 1.64. The number of halogens is 1. The quantitative estimate of drug-likeness (QED) is 0.766. The Balaban J connectivity index is 1.71. The number of hydrogen-bond acceptors (Lipinski definition) is 4. The number of fused-ring (bicyclic) bond motifs is 1. The zero-order valence-corrected chi connectivity index (χ0v) is 10.6. The molecule has 1 heterocycles. The SMILES string of the molecule is OC(CNc1nc2ccccc2o1)c1ccccc1F. The van der Waals surface area contributed by atoms with Crippen LogP contribution in [-0.4, -0.2) is 16.6 Å². The molecule has 0 fully saturated rings. The maximum absolute atomic E-state index is 13.5. The molecular weight excluding hydrogens is 259 g/mol. The minimum Gasteiger partial charge on any atom is -0.424 e. The van der Waals surface area contributed by atoms with E-state index in [-0.39, 0.29) is 12.1 Å². The molecule has 3 aromatic rings. The molecule has 0 aliphatic heterocycles. The van der Waals surface area contributed by atoms with Gasteiger partial charge in [0.15, 0.2) is 5.58 Å². The first-order valence-corrected chi connectivity index (χ1v) is 6.26. The summed E-state index contributed by atoms with van der Waals surface area (Å²) in [4.78, 5) is 4.22. The van der Waals surface area contributed by atoms with E-state index in [2.05, 4.69) is 10.3 Å². The first kappa shape index (κ1) is 12.6. The lowest BCUT2D eigenvalue weighted by molar-refractivity contribution is 0.186. The summed E-state index contributed by atoms with van der Waals surface area (Å²) in [6, 6.07) is 13.8. The van der Waals surface area contributed by atoms with Gasteiger partial charge in [-0.25, -0.2) is 4.39 Å². The van der Waals surface area contributed by atoms with Crippen molar-refractivity contribution in [3.05, 3.63) is 59.9 Å². The van der Waals surface area contributed by atoms with Crippen LogP contribution in [-0.2, 0) is 0 Å². The standard InChI is InChI=1S/C15H13FN2O2/c16-11-6-2-1-5-10(11)13(19)9-17-15-18-12-7-3-4-8-14(12)20-15/h1-8,13,19H,9H2,(H,17,18). The summed E-state index contributed by atoms with van der Waals surface area (Å²) in [6.07, 6.45) is -0.966. The summed E-state index contributed by atoms with van der Waals surface area (Å²) in [6.45, 7) is 0.119. The summed E-state index contributed by atoms with van der Waals surface area (Å²) in [5, 5.41) is 12.8. The Kier molecular flexibility index (Phi) is 3.35. The molecule has 2 N–H and O–H groups in total. The van der Waals surface area contributed by atoms with Gasteiger partial charge in [0, 0.05) is 12.1 Å². The van der Waals surface area contributed by atoms with E-state index >= 15 is 0 Å². The van der Waals surface area contributed by atoms with Gasteiger partial charge >= 0.3 is 0 Å². The van der Waals surface area contributed by atoms with Crippen molar-refractivity contribution in [1.29, 1.82) is 0 Å². The van der Waals surface area contributed by atoms with Gasteiger partial charge in [-0.1, -0.05) is 30.3 Å². The number of nitrogens with one attached hydrogen (secondary N) is 1. The van der Waals surface area contributed by atoms with Crippen LogP contribution in [0.15, 0.2) is 52.9 Å². The van der Waals surface area contributed by atoms with Crippen molar-refractivity contribution in [3.63, 3.8) is 0 Å². The van der Waals surface area contributed by atoms with Crippen LogP contribution in [0.2, 0.25) is 0 Å². The van der Waals surface area contributed by atoms with Crippen LogP contribution in [0.4, 0.5) is 10.4 Å². The lowest BCUT2D eigenvalue weighted by Crippen LogP contribution is -2.13. The van der Waals surface area contributed by atoms with Gasteiger partial charge < -0.3 is 14.8 Å². The van der Waals surface area contributed by atoms with Crippen molar-refractivity contribution in [2.75, 3.05) is 11.9 Å². The number of nitrogens with zero attached hydrogens (tertiary/aromatic N) is 1. The van der Waals surface area contributed by atoms with Crippen molar-refractivity contribution in [3.8, 4) is 0 Å². The average molecular weight is 272 g/mol. The van der Waals surface area contributed by atoms with Gasteiger partial charge in [0.05, 0.1) is 6.10 Å². The molecular formula is C15H13FN2O2. The molecule has 20 heavy (non-hydrogen) atoms. The molecule has 0 aliphatic carbocycles. The van der Waals surface area contributed by atoms with E-state index in [1.54, 1.807) is 24.3 Å². The van der Waals surface area contributed by atoms with Crippen molar-refractivity contribution in [2.45, 2.75) is 6.10 Å². The van der Waals surface area contributed by atoms with Gasteiger partial charge in [-0.3, -0.25) is 0 Å². The number of anilines is 1. The van der Waals surface area contributed by atoms with Gasteiger partial charge in [0.25, 0.3) is 6.01 Å². The fourth-order valence-corrected chi connectivity index (χ4v) is 1.99. The lowest BCUT2D eigenvalue weighted by atomic mass is 10.1. The highest BCUT2D eigenvalue weighted by Crippen LogP contribution is 2.20. The highest BCUT2D eigenvalue weighted by Gasteiger charge is 2.13. The van der Waals surface area contributed by atoms with Gasteiger partial charge in [-0.15, -0.1) is 0 Å². The van der Waals surface area contributed by atoms with Gasteiger partial charge in [0.2, 0.25) is 0 Å². The van der Waals surface area contributed by atoms with Crippen LogP contribution in [0.5, 0.6) is 0 Å². The minimum absolute atomic E-state index is 0.119. The fourth-order valence-electron chi connectivity index (χ4n) is 1.99. The van der Waals surface area contributed by atoms with Crippen LogP contribution < -0.4 is 5.32 Å². The second kappa shape index (κ2) is 5.30. The first-order valence-electron chi connectivity index (χ1n) is 6.26. The van der Waals surface area contributed by atoms with E-state index in [9.17, 15) is 9.50 Å². The molecule has 1 aromatic heterocycles. The smallest absolute Gasteiger partial charge is 0.295 e. The summed E-state index contributed by atoms with van der Waals surface area (Å²) >= 11 is 0. The molecule has 4 nitrogen and oxygen atoms in total. The van der Waals surface area contributed by atoms with Crippen molar-refractivity contribution >= 4 is 17.1 Å². The lowest BCUT2D eigenvalue weighted by Gasteiger charge is -2.11. The van der Waals surface area contributed by atoms with Crippen molar-refractivity contribution in [2.24, 2.45) is 0 Å². The third-order valence-corrected chi connectivity index (χ3v) is 3.00. The number of hydrogen-bond donors (Lipinski definition) is 2. The molecule has 3 rings (SSSR count). The van der Waals surface area contributed by atoms with E-state index in [1.165, 1.54) is 6.07 Å². The number of aliphatic hydroxyl groups excluding tert-OH is 1. The minimum atomic E-state index is -0.966. The van der Waals surface area contributed by atoms with Crippen LogP contribution in [0.1, 0.15) is 11.7 Å². The zero-order chi connectivity index (χ0) is 13.9. The third kappa shape index (κ3) is 2.48. The zero-order valence-electron chi connectivity index (χ0n) is 10.6. The predicted molar refractivity (Wildman–Crippen MR) is 73.9 cm³/mol. The number of para-hydroxylation sites is 2. The number of aromatic nitrogens is 1. The van der Waals surface area contributed by atoms with Crippen LogP contribution in [0.3, 0.4) is 0 Å². The molecule has 1 unspecified atom stereocenters. The second-order valence-electron chi connectivity index (χ2n) is 4.40. The molecule has 0 bridgehead atoms. The molecule has 0 spiro atoms. The molecule has 0 aliphatic rings. The van der Waals surface area contributed by atoms with Crippen molar-refractivity contribution < 1.29 is 13.9 Å². The summed E-state index contributed by atoms with van der Waals surface area (Å²) in [5.74, 6) is -0.431. The molecule has 1 atom stereocenters. The molecule has 5 heteroatoms. The molecule has 102 valence electrons. The van der Waals surface area contributed by atoms with Gasteiger partial charge in [-0.2, -0.15) is 4.98 Å². The van der Waals surface area contributed by atoms with E-state index in [1.807, 2.05) is 18.2 Å². The maximum atomic E-state index is 13.5. The summed E-state index contributed by atoms with van der Waals surface area (Å²) < 4.78 is 19.0. The second-order valence-corrected chi connectivity index (χ2v) is 4.40. The number of oxazole rings is 1. The number of benzene rings is 2. The topological polar surface area (TPSA) is 58.3 Å².